The fraction of sp³-hybridized carbons (Fsp3) is 0.294. The van der Waals surface area contributed by atoms with E-state index in [2.05, 4.69) is 6.58 Å². The second-order valence-corrected chi connectivity index (χ2v) is 5.51. The maximum absolute atomic E-state index is 12.3. The maximum Gasteiger partial charge on any atom is 0.328 e. The first-order valence-corrected chi connectivity index (χ1v) is 7.59. The molecule has 0 fully saturated rings. The molecule has 0 spiro atoms. The van der Waals surface area contributed by atoms with E-state index in [1.165, 1.54) is 6.20 Å². The number of nitrogens with one attached hydrogen (secondary N) is 1. The van der Waals surface area contributed by atoms with Crippen LogP contribution in [0.2, 0.25) is 0 Å². The molecule has 25 heavy (non-hydrogen) atoms. The van der Waals surface area contributed by atoms with Gasteiger partial charge in [-0.2, -0.15) is 0 Å². The van der Waals surface area contributed by atoms with Crippen LogP contribution in [0.1, 0.15) is 21.7 Å². The van der Waals surface area contributed by atoms with Crippen molar-refractivity contribution in [3.05, 3.63) is 68.8 Å². The van der Waals surface area contributed by atoms with Crippen LogP contribution in [0.3, 0.4) is 0 Å². The standard InChI is InChI=1S/C17H19N3O5/c1-4-6-20-11(2)8-13(12(20)3)14(21)10-25-16(23)9-19-7-5-15(22)18-17(19)24/h4-5,7-8H,1,6,9-10H2,2-3H3,(H,18,22,24). The summed E-state index contributed by atoms with van der Waals surface area (Å²) in [7, 11) is 0. The van der Waals surface area contributed by atoms with Crippen molar-refractivity contribution in [3.8, 4) is 0 Å². The van der Waals surface area contributed by atoms with Gasteiger partial charge in [0.05, 0.1) is 0 Å². The average Bonchev–Trinajstić information content (AvgIpc) is 2.84. The molecule has 2 heterocycles. The Bertz CT molecular complexity index is 932. The van der Waals surface area contributed by atoms with Crippen LogP contribution in [-0.2, 0) is 22.6 Å². The third-order valence-electron chi connectivity index (χ3n) is 3.75. The van der Waals surface area contributed by atoms with Crippen molar-refractivity contribution < 1.29 is 14.3 Å². The predicted octanol–water partition coefficient (Wildman–Crippen LogP) is 0.567. The number of hydrogen-bond acceptors (Lipinski definition) is 5. The van der Waals surface area contributed by atoms with Crippen LogP contribution in [0.4, 0.5) is 0 Å². The minimum absolute atomic E-state index is 0.328. The second kappa shape index (κ2) is 7.61. The Labute approximate surface area is 143 Å². The highest BCUT2D eigenvalue weighted by atomic mass is 16.5. The molecule has 0 aliphatic carbocycles. The number of allylic oxidation sites excluding steroid dienone is 1. The molecule has 2 aromatic heterocycles. The smallest absolute Gasteiger partial charge is 0.328 e. The maximum atomic E-state index is 12.3. The highest BCUT2D eigenvalue weighted by Gasteiger charge is 2.17. The first-order valence-electron chi connectivity index (χ1n) is 7.59. The molecule has 0 bridgehead atoms. The fourth-order valence-corrected chi connectivity index (χ4v) is 2.47. The second-order valence-electron chi connectivity index (χ2n) is 5.51. The van der Waals surface area contributed by atoms with E-state index >= 15 is 0 Å². The van der Waals surface area contributed by atoms with Crippen molar-refractivity contribution in [1.82, 2.24) is 14.1 Å². The Hall–Kier alpha value is -3.16. The molecule has 8 heteroatoms. The third kappa shape index (κ3) is 4.23. The van der Waals surface area contributed by atoms with E-state index in [9.17, 15) is 19.2 Å². The minimum Gasteiger partial charge on any atom is -0.456 e. The number of aromatic nitrogens is 3. The zero-order valence-electron chi connectivity index (χ0n) is 14.1. The monoisotopic (exact) mass is 345 g/mol. The van der Waals surface area contributed by atoms with Gasteiger partial charge in [-0.3, -0.25) is 23.9 Å². The average molecular weight is 345 g/mol. The topological polar surface area (TPSA) is 103 Å². The van der Waals surface area contributed by atoms with Gasteiger partial charge in [0, 0.05) is 35.8 Å². The molecule has 0 unspecified atom stereocenters. The van der Waals surface area contributed by atoms with E-state index in [0.717, 1.165) is 22.0 Å². The van der Waals surface area contributed by atoms with Crippen LogP contribution in [0.25, 0.3) is 0 Å². The summed E-state index contributed by atoms with van der Waals surface area (Å²) in [5, 5.41) is 0. The lowest BCUT2D eigenvalue weighted by Crippen LogP contribution is -2.31. The Morgan fingerprint density at radius 3 is 2.68 bits per heavy atom. The molecular weight excluding hydrogens is 326 g/mol. The summed E-state index contributed by atoms with van der Waals surface area (Å²) in [6.45, 7) is 7.14. The first kappa shape index (κ1) is 18.2. The summed E-state index contributed by atoms with van der Waals surface area (Å²) in [5.74, 6) is -1.08. The number of ketones is 1. The summed E-state index contributed by atoms with van der Waals surface area (Å²) in [6.07, 6.45) is 2.92. The number of aromatic amines is 1. The third-order valence-corrected chi connectivity index (χ3v) is 3.75. The number of ether oxygens (including phenoxy) is 1. The number of aryl methyl sites for hydroxylation is 1. The lowest BCUT2D eigenvalue weighted by atomic mass is 10.1. The highest BCUT2D eigenvalue weighted by molar-refractivity contribution is 5.99. The number of carbonyl (C=O) groups excluding carboxylic acids is 2. The zero-order valence-corrected chi connectivity index (χ0v) is 14.1. The Balaban J connectivity index is 2.01. The van der Waals surface area contributed by atoms with Gasteiger partial charge in [0.2, 0.25) is 5.78 Å². The molecule has 0 saturated carbocycles. The van der Waals surface area contributed by atoms with Gasteiger partial charge in [-0.05, 0) is 19.9 Å². The van der Waals surface area contributed by atoms with Crippen LogP contribution in [-0.4, -0.2) is 32.5 Å². The molecule has 8 nitrogen and oxygen atoms in total. The number of Topliss-reactive ketones (excluding diaryl/α,β-unsaturated/α-hetero) is 1. The van der Waals surface area contributed by atoms with Gasteiger partial charge in [0.1, 0.15) is 6.54 Å². The predicted molar refractivity (Wildman–Crippen MR) is 90.7 cm³/mol. The first-order chi connectivity index (χ1) is 11.8. The van der Waals surface area contributed by atoms with E-state index in [1.54, 1.807) is 12.1 Å². The van der Waals surface area contributed by atoms with Gasteiger partial charge in [0.15, 0.2) is 6.61 Å². The summed E-state index contributed by atoms with van der Waals surface area (Å²) in [4.78, 5) is 48.6. The summed E-state index contributed by atoms with van der Waals surface area (Å²) in [6, 6.07) is 2.86. The van der Waals surface area contributed by atoms with Crippen molar-refractivity contribution >= 4 is 11.8 Å². The normalized spacial score (nSPS) is 10.5. The molecule has 0 aromatic carbocycles. The van der Waals surface area contributed by atoms with Crippen LogP contribution in [0.15, 0.2) is 40.6 Å². The largest absolute Gasteiger partial charge is 0.456 e. The number of nitrogens with zero attached hydrogens (tertiary/aromatic N) is 2. The van der Waals surface area contributed by atoms with Gasteiger partial charge in [-0.1, -0.05) is 6.08 Å². The lowest BCUT2D eigenvalue weighted by Gasteiger charge is -2.07. The van der Waals surface area contributed by atoms with Crippen molar-refractivity contribution in [1.29, 1.82) is 0 Å². The van der Waals surface area contributed by atoms with Crippen LogP contribution >= 0.6 is 0 Å². The minimum atomic E-state index is -0.748. The molecule has 0 amide bonds. The molecule has 2 aromatic rings. The highest BCUT2D eigenvalue weighted by Crippen LogP contribution is 2.16. The van der Waals surface area contributed by atoms with Crippen LogP contribution < -0.4 is 11.2 Å². The summed E-state index contributed by atoms with van der Waals surface area (Å²) >= 11 is 0. The molecule has 0 aliphatic rings. The van der Waals surface area contributed by atoms with E-state index in [-0.39, 0.29) is 5.78 Å². The van der Waals surface area contributed by atoms with E-state index in [4.69, 9.17) is 4.74 Å². The quantitative estimate of drug-likeness (QED) is 0.449. The Morgan fingerprint density at radius 2 is 2.04 bits per heavy atom. The number of hydrogen-bond donors (Lipinski definition) is 1. The van der Waals surface area contributed by atoms with Crippen molar-refractivity contribution in [2.24, 2.45) is 0 Å². The van der Waals surface area contributed by atoms with Crippen molar-refractivity contribution in [3.63, 3.8) is 0 Å². The number of H-pyrrole nitrogens is 1. The zero-order chi connectivity index (χ0) is 18.6. The van der Waals surface area contributed by atoms with Crippen molar-refractivity contribution in [2.45, 2.75) is 26.9 Å². The van der Waals surface area contributed by atoms with Crippen LogP contribution in [0.5, 0.6) is 0 Å². The molecule has 2 rings (SSSR count). The van der Waals surface area contributed by atoms with Gasteiger partial charge < -0.3 is 9.30 Å². The molecule has 132 valence electrons. The lowest BCUT2D eigenvalue weighted by molar-refractivity contribution is -0.143. The number of rotatable bonds is 7. The molecule has 0 aliphatic heterocycles. The van der Waals surface area contributed by atoms with Gasteiger partial charge in [-0.25, -0.2) is 4.79 Å². The Kier molecular flexibility index (Phi) is 5.53. The molecule has 1 N–H and O–H groups in total. The summed E-state index contributed by atoms with van der Waals surface area (Å²) < 4.78 is 7.86. The molecule has 0 atom stereocenters. The fourth-order valence-electron chi connectivity index (χ4n) is 2.47. The molecule has 0 saturated heterocycles. The van der Waals surface area contributed by atoms with Gasteiger partial charge in [0.25, 0.3) is 5.56 Å². The SMILES string of the molecule is C=CCn1c(C)cc(C(=O)COC(=O)Cn2ccc(=O)[nH]c2=O)c1C. The van der Waals surface area contributed by atoms with Gasteiger partial charge in [-0.15, -0.1) is 6.58 Å². The van der Waals surface area contributed by atoms with Gasteiger partial charge >= 0.3 is 11.7 Å². The number of carbonyl (C=O) groups is 2. The Morgan fingerprint density at radius 1 is 1.32 bits per heavy atom. The van der Waals surface area contributed by atoms with E-state index in [1.807, 2.05) is 23.4 Å². The number of esters is 1. The summed E-state index contributed by atoms with van der Waals surface area (Å²) in [5.41, 5.74) is 0.888. The molecular formula is C17H19N3O5. The van der Waals surface area contributed by atoms with E-state index < -0.39 is 30.4 Å². The van der Waals surface area contributed by atoms with Crippen LogP contribution in [0, 0.1) is 13.8 Å². The molecule has 0 radical (unpaired) electrons. The van der Waals surface area contributed by atoms with E-state index in [0.29, 0.717) is 12.1 Å². The van der Waals surface area contributed by atoms with Crippen molar-refractivity contribution in [2.75, 3.05) is 6.61 Å².